The number of hydrogen-bond donors (Lipinski definition) is 0. The molecule has 1 saturated carbocycles. The number of methoxy groups -OCH3 is 1. The van der Waals surface area contributed by atoms with Crippen LogP contribution in [0.5, 0.6) is 0 Å². The Morgan fingerprint density at radius 2 is 2.15 bits per heavy atom. The van der Waals surface area contributed by atoms with Crippen molar-refractivity contribution in [3.05, 3.63) is 0 Å². The maximum absolute atomic E-state index is 12.2. The lowest BCUT2D eigenvalue weighted by molar-refractivity contribution is -0.126. The van der Waals surface area contributed by atoms with Crippen molar-refractivity contribution < 1.29 is 9.53 Å². The summed E-state index contributed by atoms with van der Waals surface area (Å²) in [6.45, 7) is 9.34. The van der Waals surface area contributed by atoms with Gasteiger partial charge in [-0.15, -0.1) is 0 Å². The van der Waals surface area contributed by atoms with Gasteiger partial charge in [-0.1, -0.05) is 26.7 Å². The minimum atomic E-state index is 0.256. The highest BCUT2D eigenvalue weighted by Gasteiger charge is 2.30. The first kappa shape index (κ1) is 17.6. The van der Waals surface area contributed by atoms with Crippen molar-refractivity contribution in [3.8, 4) is 0 Å². The first-order valence-corrected chi connectivity index (χ1v) is 8.37. The summed E-state index contributed by atoms with van der Waals surface area (Å²) in [5, 5.41) is 0. The van der Waals surface area contributed by atoms with E-state index in [4.69, 9.17) is 4.74 Å². The maximum atomic E-state index is 12.2. The molecule has 118 valence electrons. The van der Waals surface area contributed by atoms with Crippen molar-refractivity contribution in [1.29, 1.82) is 0 Å². The predicted molar refractivity (Wildman–Crippen MR) is 83.9 cm³/mol. The highest BCUT2D eigenvalue weighted by atomic mass is 16.5. The van der Waals surface area contributed by atoms with E-state index in [-0.39, 0.29) is 5.92 Å². The molecule has 20 heavy (non-hydrogen) atoms. The minimum Gasteiger partial charge on any atom is -0.383 e. The summed E-state index contributed by atoms with van der Waals surface area (Å²) < 4.78 is 5.22. The number of nitrogens with zero attached hydrogens (tertiary/aromatic N) is 1. The van der Waals surface area contributed by atoms with Gasteiger partial charge in [-0.05, 0) is 32.1 Å². The van der Waals surface area contributed by atoms with Gasteiger partial charge in [-0.3, -0.25) is 9.69 Å². The molecule has 0 amide bonds. The van der Waals surface area contributed by atoms with E-state index in [0.29, 0.717) is 11.8 Å². The van der Waals surface area contributed by atoms with E-state index < -0.39 is 0 Å². The molecule has 3 heteroatoms. The second-order valence-corrected chi connectivity index (χ2v) is 6.34. The Labute approximate surface area is 125 Å². The first-order chi connectivity index (χ1) is 9.62. The zero-order valence-corrected chi connectivity index (χ0v) is 13.9. The molecule has 0 aromatic heterocycles. The van der Waals surface area contributed by atoms with Gasteiger partial charge in [0.25, 0.3) is 0 Å². The molecule has 1 rings (SSSR count). The third-order valence-electron chi connectivity index (χ3n) is 4.82. The van der Waals surface area contributed by atoms with Crippen LogP contribution in [-0.4, -0.2) is 43.5 Å². The van der Waals surface area contributed by atoms with Crippen LogP contribution in [0.15, 0.2) is 0 Å². The van der Waals surface area contributed by atoms with Crippen LogP contribution in [0.1, 0.15) is 59.3 Å². The third kappa shape index (κ3) is 5.53. The van der Waals surface area contributed by atoms with Gasteiger partial charge in [0, 0.05) is 38.6 Å². The zero-order chi connectivity index (χ0) is 15.0. The van der Waals surface area contributed by atoms with Crippen LogP contribution < -0.4 is 0 Å². The van der Waals surface area contributed by atoms with Crippen molar-refractivity contribution in [2.45, 2.75) is 65.3 Å². The fraction of sp³-hybridized carbons (Fsp3) is 0.941. The van der Waals surface area contributed by atoms with Gasteiger partial charge in [-0.25, -0.2) is 0 Å². The van der Waals surface area contributed by atoms with E-state index in [1.165, 1.54) is 12.8 Å². The number of hydrogen-bond acceptors (Lipinski definition) is 3. The Morgan fingerprint density at radius 1 is 1.40 bits per heavy atom. The summed E-state index contributed by atoms with van der Waals surface area (Å²) >= 11 is 0. The standard InChI is InChI=1S/C17H33NO2/c1-5-7-15-8-9-17(19)16(12-15)13-18(10-11-20-4)14(3)6-2/h14-16H,5-13H2,1-4H3. The van der Waals surface area contributed by atoms with Crippen molar-refractivity contribution in [3.63, 3.8) is 0 Å². The van der Waals surface area contributed by atoms with Crippen LogP contribution in [-0.2, 0) is 9.53 Å². The highest BCUT2D eigenvalue weighted by Crippen LogP contribution is 2.30. The van der Waals surface area contributed by atoms with Crippen LogP contribution in [0, 0.1) is 11.8 Å². The molecule has 0 bridgehead atoms. The average Bonchev–Trinajstić information content (AvgIpc) is 2.46. The third-order valence-corrected chi connectivity index (χ3v) is 4.82. The fourth-order valence-corrected chi connectivity index (χ4v) is 3.29. The lowest BCUT2D eigenvalue weighted by Crippen LogP contribution is -2.42. The Hall–Kier alpha value is -0.410. The molecule has 3 atom stereocenters. The van der Waals surface area contributed by atoms with Crippen LogP contribution in [0.3, 0.4) is 0 Å². The van der Waals surface area contributed by atoms with Crippen LogP contribution in [0.2, 0.25) is 0 Å². The molecule has 3 nitrogen and oxygen atoms in total. The van der Waals surface area contributed by atoms with E-state index in [1.54, 1.807) is 7.11 Å². The minimum absolute atomic E-state index is 0.256. The highest BCUT2D eigenvalue weighted by molar-refractivity contribution is 5.81. The summed E-state index contributed by atoms with van der Waals surface area (Å²) in [5.74, 6) is 1.51. The summed E-state index contributed by atoms with van der Waals surface area (Å²) in [6.07, 6.45) is 6.67. The molecule has 0 aliphatic heterocycles. The quantitative estimate of drug-likeness (QED) is 0.648. The molecule has 0 heterocycles. The number of ether oxygens (including phenoxy) is 1. The van der Waals surface area contributed by atoms with Crippen LogP contribution in [0.25, 0.3) is 0 Å². The summed E-state index contributed by atoms with van der Waals surface area (Å²) in [5.41, 5.74) is 0. The molecule has 1 aliphatic carbocycles. The molecule has 0 spiro atoms. The van der Waals surface area contributed by atoms with Gasteiger partial charge in [-0.2, -0.15) is 0 Å². The number of carbonyl (C=O) groups is 1. The smallest absolute Gasteiger partial charge is 0.137 e. The second-order valence-electron chi connectivity index (χ2n) is 6.34. The fourth-order valence-electron chi connectivity index (χ4n) is 3.29. The zero-order valence-electron chi connectivity index (χ0n) is 13.9. The molecular weight excluding hydrogens is 250 g/mol. The molecule has 0 aromatic rings. The Kier molecular flexibility index (Phi) is 8.39. The predicted octanol–water partition coefficient (Wildman–Crippen LogP) is 3.52. The molecule has 0 saturated heterocycles. The monoisotopic (exact) mass is 283 g/mol. The van der Waals surface area contributed by atoms with E-state index in [9.17, 15) is 4.79 Å². The van der Waals surface area contributed by atoms with Crippen molar-refractivity contribution in [2.75, 3.05) is 26.8 Å². The molecule has 0 radical (unpaired) electrons. The van der Waals surface area contributed by atoms with Gasteiger partial charge in [0.05, 0.1) is 6.61 Å². The molecule has 0 N–H and O–H groups in total. The van der Waals surface area contributed by atoms with E-state index in [1.807, 2.05) is 0 Å². The van der Waals surface area contributed by atoms with Gasteiger partial charge >= 0.3 is 0 Å². The first-order valence-electron chi connectivity index (χ1n) is 8.37. The topological polar surface area (TPSA) is 29.5 Å². The second kappa shape index (κ2) is 9.51. The van der Waals surface area contributed by atoms with E-state index in [0.717, 1.165) is 51.3 Å². The average molecular weight is 283 g/mol. The summed E-state index contributed by atoms with van der Waals surface area (Å²) in [7, 11) is 1.75. The summed E-state index contributed by atoms with van der Waals surface area (Å²) in [6, 6.07) is 0.532. The Morgan fingerprint density at radius 3 is 2.75 bits per heavy atom. The number of rotatable bonds is 9. The molecule has 1 aliphatic rings. The largest absolute Gasteiger partial charge is 0.383 e. The SMILES string of the molecule is CCCC1CCC(=O)C(CN(CCOC)C(C)CC)C1. The number of Topliss-reactive ketones (excluding diaryl/α,β-unsaturated/α-hetero) is 1. The molecule has 1 fully saturated rings. The molecule has 3 unspecified atom stereocenters. The lowest BCUT2D eigenvalue weighted by Gasteiger charge is -2.35. The normalized spacial score (nSPS) is 25.1. The maximum Gasteiger partial charge on any atom is 0.137 e. The van der Waals surface area contributed by atoms with Crippen molar-refractivity contribution in [2.24, 2.45) is 11.8 Å². The lowest BCUT2D eigenvalue weighted by atomic mass is 9.78. The van der Waals surface area contributed by atoms with Crippen LogP contribution in [0.4, 0.5) is 0 Å². The van der Waals surface area contributed by atoms with E-state index in [2.05, 4.69) is 25.7 Å². The molecular formula is C17H33NO2. The van der Waals surface area contributed by atoms with Crippen LogP contribution >= 0.6 is 0 Å². The van der Waals surface area contributed by atoms with Crippen molar-refractivity contribution in [1.82, 2.24) is 4.90 Å². The van der Waals surface area contributed by atoms with Gasteiger partial charge < -0.3 is 4.74 Å². The summed E-state index contributed by atoms with van der Waals surface area (Å²) in [4.78, 5) is 14.7. The van der Waals surface area contributed by atoms with Gasteiger partial charge in [0.15, 0.2) is 0 Å². The number of carbonyl (C=O) groups excluding carboxylic acids is 1. The van der Waals surface area contributed by atoms with Gasteiger partial charge in [0.2, 0.25) is 0 Å². The number of ketones is 1. The molecule has 0 aromatic carbocycles. The Balaban J connectivity index is 2.57. The van der Waals surface area contributed by atoms with Crippen molar-refractivity contribution >= 4 is 5.78 Å². The van der Waals surface area contributed by atoms with E-state index >= 15 is 0 Å². The Bertz CT molecular complexity index is 280. The van der Waals surface area contributed by atoms with Gasteiger partial charge in [0.1, 0.15) is 5.78 Å².